The lowest BCUT2D eigenvalue weighted by molar-refractivity contribution is 0.192. The number of hydrogen-bond donors (Lipinski definition) is 3. The molecule has 2 rings (SSSR count). The Morgan fingerprint density at radius 3 is 2.53 bits per heavy atom. The Morgan fingerprint density at radius 2 is 1.93 bits per heavy atom. The number of halogens is 1. The van der Waals surface area contributed by atoms with Crippen LogP contribution in [0.4, 0.5) is 0 Å². The zero-order chi connectivity index (χ0) is 9.80. The predicted octanol–water partition coefficient (Wildman–Crippen LogP) is 1.05. The van der Waals surface area contributed by atoms with Crippen molar-refractivity contribution in [3.63, 3.8) is 0 Å². The summed E-state index contributed by atoms with van der Waals surface area (Å²) in [5, 5.41) is 16.3. The molecule has 0 radical (unpaired) electrons. The second kappa shape index (κ2) is 6.69. The Bertz CT molecular complexity index is 169. The standard InChI is InChI=1S/C11H22N2O.ClH/c14-11-6-10(13-8-11)7-12-9-4-2-1-3-5-9;/h9-14H,1-8H2;1H/t10-,11+;/m0./s1. The van der Waals surface area contributed by atoms with Gasteiger partial charge in [-0.25, -0.2) is 0 Å². The third kappa shape index (κ3) is 4.27. The number of hydrogen-bond acceptors (Lipinski definition) is 3. The predicted molar refractivity (Wildman–Crippen MR) is 64.5 cm³/mol. The summed E-state index contributed by atoms with van der Waals surface area (Å²) in [6.45, 7) is 1.80. The first-order valence-corrected chi connectivity index (χ1v) is 5.99. The largest absolute Gasteiger partial charge is 0.392 e. The quantitative estimate of drug-likeness (QED) is 0.684. The fraction of sp³-hybridized carbons (Fsp3) is 1.00. The minimum absolute atomic E-state index is 0. The molecule has 1 saturated heterocycles. The van der Waals surface area contributed by atoms with Gasteiger partial charge < -0.3 is 15.7 Å². The Kier molecular flexibility index (Phi) is 5.90. The van der Waals surface area contributed by atoms with Gasteiger partial charge in [-0.15, -0.1) is 12.4 Å². The molecule has 1 saturated carbocycles. The first-order valence-electron chi connectivity index (χ1n) is 5.99. The van der Waals surface area contributed by atoms with Crippen molar-refractivity contribution in [2.45, 2.75) is 56.7 Å². The van der Waals surface area contributed by atoms with E-state index in [-0.39, 0.29) is 18.5 Å². The van der Waals surface area contributed by atoms with Gasteiger partial charge in [0.25, 0.3) is 0 Å². The molecule has 3 nitrogen and oxygen atoms in total. The van der Waals surface area contributed by atoms with Crippen molar-refractivity contribution in [3.8, 4) is 0 Å². The number of nitrogens with one attached hydrogen (secondary N) is 2. The summed E-state index contributed by atoms with van der Waals surface area (Å²) in [5.41, 5.74) is 0. The van der Waals surface area contributed by atoms with Gasteiger partial charge in [0.2, 0.25) is 0 Å². The van der Waals surface area contributed by atoms with E-state index in [1.807, 2.05) is 0 Å². The van der Waals surface area contributed by atoms with Crippen molar-refractivity contribution in [1.82, 2.24) is 10.6 Å². The molecule has 0 aromatic carbocycles. The highest BCUT2D eigenvalue weighted by atomic mass is 35.5. The zero-order valence-electron chi connectivity index (χ0n) is 9.24. The van der Waals surface area contributed by atoms with E-state index < -0.39 is 0 Å². The molecule has 0 spiro atoms. The first kappa shape index (κ1) is 13.2. The topological polar surface area (TPSA) is 44.3 Å². The highest BCUT2D eigenvalue weighted by Crippen LogP contribution is 2.17. The van der Waals surface area contributed by atoms with Crippen LogP contribution in [0.25, 0.3) is 0 Å². The van der Waals surface area contributed by atoms with E-state index in [1.54, 1.807) is 0 Å². The molecule has 90 valence electrons. The van der Waals surface area contributed by atoms with E-state index in [0.29, 0.717) is 6.04 Å². The van der Waals surface area contributed by atoms with Crippen molar-refractivity contribution in [2.75, 3.05) is 13.1 Å². The minimum atomic E-state index is -0.117. The van der Waals surface area contributed by atoms with Crippen molar-refractivity contribution < 1.29 is 5.11 Å². The van der Waals surface area contributed by atoms with Gasteiger partial charge in [-0.05, 0) is 19.3 Å². The maximum absolute atomic E-state index is 9.35. The second-order valence-electron chi connectivity index (χ2n) is 4.74. The van der Waals surface area contributed by atoms with Crippen LogP contribution in [0.15, 0.2) is 0 Å². The molecule has 0 aromatic rings. The van der Waals surface area contributed by atoms with E-state index in [2.05, 4.69) is 10.6 Å². The lowest BCUT2D eigenvalue weighted by atomic mass is 9.95. The summed E-state index contributed by atoms with van der Waals surface area (Å²) < 4.78 is 0. The van der Waals surface area contributed by atoms with E-state index in [0.717, 1.165) is 25.6 Å². The van der Waals surface area contributed by atoms with Gasteiger partial charge in [0.05, 0.1) is 6.10 Å². The van der Waals surface area contributed by atoms with Gasteiger partial charge in [0.1, 0.15) is 0 Å². The molecule has 0 amide bonds. The molecule has 2 aliphatic rings. The maximum atomic E-state index is 9.35. The van der Waals surface area contributed by atoms with Crippen LogP contribution >= 0.6 is 12.4 Å². The van der Waals surface area contributed by atoms with Gasteiger partial charge in [0, 0.05) is 25.2 Å². The monoisotopic (exact) mass is 234 g/mol. The summed E-state index contributed by atoms with van der Waals surface area (Å²) in [6, 6.07) is 1.23. The van der Waals surface area contributed by atoms with Gasteiger partial charge in [0.15, 0.2) is 0 Å². The van der Waals surface area contributed by atoms with Crippen LogP contribution in [0, 0.1) is 0 Å². The van der Waals surface area contributed by atoms with Crippen molar-refractivity contribution in [1.29, 1.82) is 0 Å². The van der Waals surface area contributed by atoms with Crippen LogP contribution in [0.3, 0.4) is 0 Å². The molecule has 0 bridgehead atoms. The smallest absolute Gasteiger partial charge is 0.0680 e. The molecule has 2 fully saturated rings. The molecular formula is C11H23ClN2O. The third-order valence-corrected chi connectivity index (χ3v) is 3.46. The van der Waals surface area contributed by atoms with Crippen LogP contribution in [0.5, 0.6) is 0 Å². The Hall–Kier alpha value is 0.170. The Balaban J connectivity index is 0.00000112. The Labute approximate surface area is 98.4 Å². The lowest BCUT2D eigenvalue weighted by Crippen LogP contribution is -2.40. The van der Waals surface area contributed by atoms with Gasteiger partial charge in [-0.1, -0.05) is 19.3 Å². The fourth-order valence-electron chi connectivity index (χ4n) is 2.57. The molecule has 0 unspecified atom stereocenters. The number of β-amino-alcohol motifs (C(OH)–C–C–N with tert-alkyl or cyclic N) is 1. The Morgan fingerprint density at radius 1 is 1.20 bits per heavy atom. The molecule has 15 heavy (non-hydrogen) atoms. The molecule has 4 heteroatoms. The molecule has 1 aliphatic heterocycles. The fourth-order valence-corrected chi connectivity index (χ4v) is 2.57. The van der Waals surface area contributed by atoms with Crippen LogP contribution in [-0.4, -0.2) is 36.4 Å². The van der Waals surface area contributed by atoms with E-state index in [1.165, 1.54) is 32.1 Å². The first-order chi connectivity index (χ1) is 6.84. The molecule has 2 atom stereocenters. The van der Waals surface area contributed by atoms with Crippen molar-refractivity contribution in [2.24, 2.45) is 0 Å². The van der Waals surface area contributed by atoms with E-state index >= 15 is 0 Å². The normalized spacial score (nSPS) is 32.6. The summed E-state index contributed by atoms with van der Waals surface area (Å²) in [4.78, 5) is 0. The summed E-state index contributed by atoms with van der Waals surface area (Å²) in [5.74, 6) is 0. The summed E-state index contributed by atoms with van der Waals surface area (Å²) in [7, 11) is 0. The maximum Gasteiger partial charge on any atom is 0.0680 e. The average Bonchev–Trinajstić information content (AvgIpc) is 2.63. The SMILES string of the molecule is Cl.O[C@H]1CN[C@H](CNC2CCCCC2)C1. The van der Waals surface area contributed by atoms with E-state index in [9.17, 15) is 5.11 Å². The van der Waals surface area contributed by atoms with Gasteiger partial charge in [-0.2, -0.15) is 0 Å². The highest BCUT2D eigenvalue weighted by Gasteiger charge is 2.22. The zero-order valence-corrected chi connectivity index (χ0v) is 10.1. The molecule has 3 N–H and O–H groups in total. The van der Waals surface area contributed by atoms with Crippen LogP contribution in [0.1, 0.15) is 38.5 Å². The van der Waals surface area contributed by atoms with Crippen LogP contribution in [-0.2, 0) is 0 Å². The number of rotatable bonds is 3. The minimum Gasteiger partial charge on any atom is -0.392 e. The van der Waals surface area contributed by atoms with Gasteiger partial charge >= 0.3 is 0 Å². The lowest BCUT2D eigenvalue weighted by Gasteiger charge is -2.24. The third-order valence-electron chi connectivity index (χ3n) is 3.46. The summed E-state index contributed by atoms with van der Waals surface area (Å²) in [6.07, 6.45) is 7.67. The number of aliphatic hydroxyl groups is 1. The molecular weight excluding hydrogens is 212 g/mol. The highest BCUT2D eigenvalue weighted by molar-refractivity contribution is 5.85. The van der Waals surface area contributed by atoms with Crippen LogP contribution in [0.2, 0.25) is 0 Å². The van der Waals surface area contributed by atoms with Crippen molar-refractivity contribution >= 4 is 12.4 Å². The number of aliphatic hydroxyl groups excluding tert-OH is 1. The van der Waals surface area contributed by atoms with E-state index in [4.69, 9.17) is 0 Å². The summed E-state index contributed by atoms with van der Waals surface area (Å²) >= 11 is 0. The van der Waals surface area contributed by atoms with Crippen molar-refractivity contribution in [3.05, 3.63) is 0 Å². The average molecular weight is 235 g/mol. The molecule has 1 heterocycles. The second-order valence-corrected chi connectivity index (χ2v) is 4.74. The van der Waals surface area contributed by atoms with Gasteiger partial charge in [-0.3, -0.25) is 0 Å². The molecule has 1 aliphatic carbocycles. The molecule has 0 aromatic heterocycles. The van der Waals surface area contributed by atoms with Crippen LogP contribution < -0.4 is 10.6 Å².